The number of ketones is 1. The number of methoxy groups -OCH3 is 1. The Bertz CT molecular complexity index is 627. The Balaban J connectivity index is 2.30. The molecule has 0 heterocycles. The van der Waals surface area contributed by atoms with Crippen LogP contribution < -0.4 is 9.47 Å². The number of rotatable bonds is 5. The van der Waals surface area contributed by atoms with Crippen LogP contribution >= 0.6 is 0 Å². The van der Waals surface area contributed by atoms with E-state index in [1.165, 1.54) is 0 Å². The summed E-state index contributed by atoms with van der Waals surface area (Å²) >= 11 is 0. The number of carbonyl (C=O) groups excluding carboxylic acids is 1. The second-order valence-electron chi connectivity index (χ2n) is 5.22. The molecule has 2 rings (SSSR count). The molecule has 2 aromatic rings. The average molecular weight is 284 g/mol. The Morgan fingerprint density at radius 1 is 1.05 bits per heavy atom. The maximum absolute atomic E-state index is 12.6. The fourth-order valence-electron chi connectivity index (χ4n) is 2.11. The molecule has 3 nitrogen and oxygen atoms in total. The van der Waals surface area contributed by atoms with Gasteiger partial charge in [0.1, 0.15) is 11.5 Å². The van der Waals surface area contributed by atoms with Crippen LogP contribution in [0.3, 0.4) is 0 Å². The van der Waals surface area contributed by atoms with E-state index in [-0.39, 0.29) is 11.9 Å². The maximum atomic E-state index is 12.6. The van der Waals surface area contributed by atoms with E-state index in [0.29, 0.717) is 16.9 Å². The molecule has 3 heteroatoms. The van der Waals surface area contributed by atoms with Gasteiger partial charge in [-0.3, -0.25) is 4.79 Å². The first-order valence-corrected chi connectivity index (χ1v) is 6.97. The normalized spacial score (nSPS) is 10.5. The number of benzene rings is 2. The maximum Gasteiger partial charge on any atom is 0.196 e. The highest BCUT2D eigenvalue weighted by Gasteiger charge is 2.14. The Morgan fingerprint density at radius 2 is 1.71 bits per heavy atom. The van der Waals surface area contributed by atoms with Gasteiger partial charge < -0.3 is 9.47 Å². The molecule has 0 aliphatic rings. The van der Waals surface area contributed by atoms with Gasteiger partial charge in [0.05, 0.1) is 18.8 Å². The minimum atomic E-state index is -0.0494. The van der Waals surface area contributed by atoms with Crippen molar-refractivity contribution in [3.63, 3.8) is 0 Å². The van der Waals surface area contributed by atoms with Crippen LogP contribution in [0.4, 0.5) is 0 Å². The van der Waals surface area contributed by atoms with Crippen molar-refractivity contribution >= 4 is 5.78 Å². The van der Waals surface area contributed by atoms with E-state index in [4.69, 9.17) is 9.47 Å². The summed E-state index contributed by atoms with van der Waals surface area (Å²) in [6.07, 6.45) is 0.114. The summed E-state index contributed by atoms with van der Waals surface area (Å²) in [6, 6.07) is 12.8. The third-order valence-corrected chi connectivity index (χ3v) is 3.09. The lowest BCUT2D eigenvalue weighted by atomic mass is 10.0. The quantitative estimate of drug-likeness (QED) is 0.778. The highest BCUT2D eigenvalue weighted by atomic mass is 16.5. The number of carbonyl (C=O) groups is 1. The molecule has 2 aromatic carbocycles. The number of aryl methyl sites for hydroxylation is 1. The van der Waals surface area contributed by atoms with Crippen molar-refractivity contribution in [2.45, 2.75) is 26.9 Å². The first kappa shape index (κ1) is 15.1. The minimum absolute atomic E-state index is 0.0494. The van der Waals surface area contributed by atoms with Crippen LogP contribution in [0.5, 0.6) is 11.5 Å². The lowest BCUT2D eigenvalue weighted by Gasteiger charge is -2.11. The zero-order valence-electron chi connectivity index (χ0n) is 12.8. The third kappa shape index (κ3) is 3.63. The van der Waals surface area contributed by atoms with E-state index in [2.05, 4.69) is 0 Å². The van der Waals surface area contributed by atoms with E-state index in [1.54, 1.807) is 19.2 Å². The number of ether oxygens (including phenoxy) is 2. The molecule has 0 aliphatic heterocycles. The summed E-state index contributed by atoms with van der Waals surface area (Å²) in [4.78, 5) is 12.6. The van der Waals surface area contributed by atoms with Crippen LogP contribution in [-0.2, 0) is 0 Å². The molecule has 0 aliphatic carbocycles. The Labute approximate surface area is 125 Å². The fourth-order valence-corrected chi connectivity index (χ4v) is 2.11. The van der Waals surface area contributed by atoms with Gasteiger partial charge in [-0.05, 0) is 57.2 Å². The summed E-state index contributed by atoms with van der Waals surface area (Å²) in [7, 11) is 1.57. The molecule has 0 amide bonds. The van der Waals surface area contributed by atoms with E-state index < -0.39 is 0 Å². The lowest BCUT2D eigenvalue weighted by molar-refractivity contribution is 0.103. The van der Waals surface area contributed by atoms with Crippen LogP contribution in [0.1, 0.15) is 35.3 Å². The third-order valence-electron chi connectivity index (χ3n) is 3.09. The standard InChI is InChI=1S/C18H20O3/c1-12(2)21-15-8-6-14(7-9-15)18(19)16-11-13(3)5-10-17(16)20-4/h5-12H,1-4H3. The summed E-state index contributed by atoms with van der Waals surface area (Å²) in [5.41, 5.74) is 2.23. The molecule has 21 heavy (non-hydrogen) atoms. The first-order valence-electron chi connectivity index (χ1n) is 6.97. The van der Waals surface area contributed by atoms with Crippen molar-refractivity contribution in [1.29, 1.82) is 0 Å². The molecule has 0 radical (unpaired) electrons. The van der Waals surface area contributed by atoms with Gasteiger partial charge in [-0.15, -0.1) is 0 Å². The van der Waals surface area contributed by atoms with Gasteiger partial charge >= 0.3 is 0 Å². The van der Waals surface area contributed by atoms with E-state index in [9.17, 15) is 4.79 Å². The predicted octanol–water partition coefficient (Wildman–Crippen LogP) is 4.02. The fraction of sp³-hybridized carbons (Fsp3) is 0.278. The SMILES string of the molecule is COc1ccc(C)cc1C(=O)c1ccc(OC(C)C)cc1. The van der Waals surface area contributed by atoms with Gasteiger partial charge in [0.25, 0.3) is 0 Å². The Hall–Kier alpha value is -2.29. The van der Waals surface area contributed by atoms with Crippen molar-refractivity contribution in [2.24, 2.45) is 0 Å². The molecule has 0 spiro atoms. The van der Waals surface area contributed by atoms with Gasteiger partial charge in [-0.1, -0.05) is 11.6 Å². The zero-order chi connectivity index (χ0) is 15.4. The van der Waals surface area contributed by atoms with Crippen LogP contribution in [0, 0.1) is 6.92 Å². The van der Waals surface area contributed by atoms with Crippen LogP contribution in [0.25, 0.3) is 0 Å². The lowest BCUT2D eigenvalue weighted by Crippen LogP contribution is -2.07. The molecule has 0 aromatic heterocycles. The summed E-state index contributed by atoms with van der Waals surface area (Å²) in [5, 5.41) is 0. The van der Waals surface area contributed by atoms with Crippen LogP contribution in [0.2, 0.25) is 0 Å². The van der Waals surface area contributed by atoms with Crippen molar-refractivity contribution in [3.05, 3.63) is 59.2 Å². The molecule has 0 saturated heterocycles. The summed E-state index contributed by atoms with van der Waals surface area (Å²) < 4.78 is 10.9. The predicted molar refractivity (Wildman–Crippen MR) is 83.4 cm³/mol. The molecule has 0 saturated carbocycles. The summed E-state index contributed by atoms with van der Waals surface area (Å²) in [5.74, 6) is 1.30. The molecule has 0 N–H and O–H groups in total. The Kier molecular flexibility index (Phi) is 4.63. The first-order chi connectivity index (χ1) is 10.0. The van der Waals surface area contributed by atoms with Gasteiger partial charge in [-0.25, -0.2) is 0 Å². The van der Waals surface area contributed by atoms with Crippen molar-refractivity contribution in [3.8, 4) is 11.5 Å². The van der Waals surface area contributed by atoms with Crippen molar-refractivity contribution < 1.29 is 14.3 Å². The van der Waals surface area contributed by atoms with Crippen molar-refractivity contribution in [1.82, 2.24) is 0 Å². The van der Waals surface area contributed by atoms with Crippen LogP contribution in [-0.4, -0.2) is 19.0 Å². The van der Waals surface area contributed by atoms with E-state index >= 15 is 0 Å². The molecule has 0 atom stereocenters. The molecule has 0 fully saturated rings. The average Bonchev–Trinajstić information content (AvgIpc) is 2.46. The van der Waals surface area contributed by atoms with Gasteiger partial charge in [0, 0.05) is 5.56 Å². The molecular formula is C18H20O3. The topological polar surface area (TPSA) is 35.5 Å². The highest BCUT2D eigenvalue weighted by molar-refractivity contribution is 6.10. The van der Waals surface area contributed by atoms with Gasteiger partial charge in [0.15, 0.2) is 5.78 Å². The molecule has 0 unspecified atom stereocenters. The monoisotopic (exact) mass is 284 g/mol. The smallest absolute Gasteiger partial charge is 0.196 e. The second-order valence-corrected chi connectivity index (χ2v) is 5.22. The molecular weight excluding hydrogens is 264 g/mol. The second kappa shape index (κ2) is 6.44. The largest absolute Gasteiger partial charge is 0.496 e. The zero-order valence-corrected chi connectivity index (χ0v) is 12.8. The number of hydrogen-bond donors (Lipinski definition) is 0. The van der Waals surface area contributed by atoms with E-state index in [0.717, 1.165) is 11.3 Å². The van der Waals surface area contributed by atoms with Crippen molar-refractivity contribution in [2.75, 3.05) is 7.11 Å². The minimum Gasteiger partial charge on any atom is -0.496 e. The van der Waals surface area contributed by atoms with Gasteiger partial charge in [0.2, 0.25) is 0 Å². The molecule has 110 valence electrons. The van der Waals surface area contributed by atoms with Crippen LogP contribution in [0.15, 0.2) is 42.5 Å². The number of hydrogen-bond acceptors (Lipinski definition) is 3. The molecule has 0 bridgehead atoms. The highest BCUT2D eigenvalue weighted by Crippen LogP contribution is 2.24. The Morgan fingerprint density at radius 3 is 2.29 bits per heavy atom. The summed E-state index contributed by atoms with van der Waals surface area (Å²) in [6.45, 7) is 5.89. The van der Waals surface area contributed by atoms with E-state index in [1.807, 2.05) is 51.1 Å². The van der Waals surface area contributed by atoms with Gasteiger partial charge in [-0.2, -0.15) is 0 Å².